The Morgan fingerprint density at radius 1 is 1.32 bits per heavy atom. The highest BCUT2D eigenvalue weighted by atomic mass is 35.5. The summed E-state index contributed by atoms with van der Waals surface area (Å²) in [5.41, 5.74) is 0.774. The molecule has 106 valence electrons. The van der Waals surface area contributed by atoms with E-state index in [1.807, 2.05) is 26.8 Å². The van der Waals surface area contributed by atoms with Gasteiger partial charge < -0.3 is 5.11 Å². The first-order valence-electron chi connectivity index (χ1n) is 6.11. The maximum absolute atomic E-state index is 10.7. The van der Waals surface area contributed by atoms with Gasteiger partial charge in [-0.1, -0.05) is 23.2 Å². The lowest BCUT2D eigenvalue weighted by Gasteiger charge is -2.35. The zero-order valence-electron chi connectivity index (χ0n) is 11.4. The van der Waals surface area contributed by atoms with Gasteiger partial charge in [0, 0.05) is 28.7 Å². The molecule has 0 heterocycles. The van der Waals surface area contributed by atoms with Crippen LogP contribution in [0.1, 0.15) is 32.8 Å². The number of benzene rings is 1. The van der Waals surface area contributed by atoms with Crippen LogP contribution in [0.15, 0.2) is 18.2 Å². The summed E-state index contributed by atoms with van der Waals surface area (Å²) in [6.45, 7) is 7.20. The Morgan fingerprint density at radius 3 is 2.47 bits per heavy atom. The van der Waals surface area contributed by atoms with Crippen LogP contribution in [0.4, 0.5) is 0 Å². The maximum atomic E-state index is 10.7. The molecule has 5 heteroatoms. The van der Waals surface area contributed by atoms with Crippen molar-refractivity contribution in [3.05, 3.63) is 33.8 Å². The number of carboxylic acids is 1. The van der Waals surface area contributed by atoms with Gasteiger partial charge in [-0.3, -0.25) is 9.69 Å². The summed E-state index contributed by atoms with van der Waals surface area (Å²) in [5, 5.41) is 10.1. The summed E-state index contributed by atoms with van der Waals surface area (Å²) in [7, 11) is 0. The van der Waals surface area contributed by atoms with Crippen LogP contribution in [-0.4, -0.2) is 28.1 Å². The van der Waals surface area contributed by atoms with Crippen molar-refractivity contribution < 1.29 is 9.90 Å². The van der Waals surface area contributed by atoms with Crippen molar-refractivity contribution in [1.29, 1.82) is 0 Å². The van der Waals surface area contributed by atoms with E-state index in [1.54, 1.807) is 12.1 Å². The van der Waals surface area contributed by atoms with Gasteiger partial charge in [-0.15, -0.1) is 0 Å². The molecule has 19 heavy (non-hydrogen) atoms. The van der Waals surface area contributed by atoms with Gasteiger partial charge in [-0.25, -0.2) is 0 Å². The largest absolute Gasteiger partial charge is 0.481 e. The number of rotatable bonds is 5. The van der Waals surface area contributed by atoms with Gasteiger partial charge in [0.25, 0.3) is 0 Å². The van der Waals surface area contributed by atoms with Crippen LogP contribution in [0.3, 0.4) is 0 Å². The number of halogens is 2. The minimum atomic E-state index is -0.800. The summed E-state index contributed by atoms with van der Waals surface area (Å²) in [6, 6.07) is 5.33. The van der Waals surface area contributed by atoms with Crippen molar-refractivity contribution in [3.63, 3.8) is 0 Å². The normalized spacial score (nSPS) is 11.9. The number of hydrogen-bond donors (Lipinski definition) is 1. The average Bonchev–Trinajstić information content (AvgIpc) is 2.26. The van der Waals surface area contributed by atoms with E-state index < -0.39 is 5.97 Å². The fourth-order valence-corrected chi connectivity index (χ4v) is 2.12. The first-order valence-corrected chi connectivity index (χ1v) is 6.86. The molecule has 0 bridgehead atoms. The molecule has 1 aromatic carbocycles. The van der Waals surface area contributed by atoms with E-state index in [0.29, 0.717) is 23.1 Å². The highest BCUT2D eigenvalue weighted by Crippen LogP contribution is 2.25. The molecule has 0 saturated carbocycles. The molecule has 0 aromatic heterocycles. The molecule has 0 fully saturated rings. The molecule has 0 aliphatic heterocycles. The number of nitrogens with zero attached hydrogens (tertiary/aromatic N) is 1. The summed E-state index contributed by atoms with van der Waals surface area (Å²) in [5.74, 6) is -0.800. The molecule has 1 rings (SSSR count). The molecular formula is C14H19Cl2NO2. The predicted molar refractivity (Wildman–Crippen MR) is 78.9 cm³/mol. The topological polar surface area (TPSA) is 40.5 Å². The molecule has 0 amide bonds. The predicted octanol–water partition coefficient (Wildman–Crippen LogP) is 4.07. The van der Waals surface area contributed by atoms with E-state index in [0.717, 1.165) is 5.56 Å². The molecule has 3 nitrogen and oxygen atoms in total. The second-order valence-corrected chi connectivity index (χ2v) is 6.32. The summed E-state index contributed by atoms with van der Waals surface area (Å²) < 4.78 is 0. The van der Waals surface area contributed by atoms with Crippen molar-refractivity contribution in [2.24, 2.45) is 0 Å². The van der Waals surface area contributed by atoms with Gasteiger partial charge in [-0.2, -0.15) is 0 Å². The smallest absolute Gasteiger partial charge is 0.304 e. The van der Waals surface area contributed by atoms with Crippen LogP contribution in [0.5, 0.6) is 0 Å². The highest BCUT2D eigenvalue weighted by molar-refractivity contribution is 6.33. The Morgan fingerprint density at radius 2 is 1.95 bits per heavy atom. The third kappa shape index (κ3) is 5.39. The Labute approximate surface area is 124 Å². The molecule has 0 atom stereocenters. The molecule has 0 radical (unpaired) electrons. The van der Waals surface area contributed by atoms with Crippen LogP contribution in [-0.2, 0) is 11.3 Å². The van der Waals surface area contributed by atoms with Crippen LogP contribution < -0.4 is 0 Å². The maximum Gasteiger partial charge on any atom is 0.304 e. The molecule has 0 unspecified atom stereocenters. The zero-order chi connectivity index (χ0) is 14.6. The fourth-order valence-electron chi connectivity index (χ4n) is 1.75. The molecule has 0 saturated heterocycles. The van der Waals surface area contributed by atoms with Crippen LogP contribution >= 0.6 is 23.2 Å². The fraction of sp³-hybridized carbons (Fsp3) is 0.500. The number of carboxylic acid groups (broad SMARTS) is 1. The van der Waals surface area contributed by atoms with Crippen molar-refractivity contribution in [1.82, 2.24) is 4.90 Å². The van der Waals surface area contributed by atoms with Gasteiger partial charge >= 0.3 is 5.97 Å². The average molecular weight is 304 g/mol. The molecule has 1 aromatic rings. The first kappa shape index (κ1) is 16.3. The van der Waals surface area contributed by atoms with Crippen LogP contribution in [0.2, 0.25) is 10.0 Å². The zero-order valence-corrected chi connectivity index (χ0v) is 12.9. The number of carbonyl (C=O) groups is 1. The van der Waals surface area contributed by atoms with Crippen molar-refractivity contribution in [3.8, 4) is 0 Å². The molecule has 0 aliphatic carbocycles. The van der Waals surface area contributed by atoms with E-state index in [-0.39, 0.29) is 12.0 Å². The number of hydrogen-bond acceptors (Lipinski definition) is 2. The summed E-state index contributed by atoms with van der Waals surface area (Å²) >= 11 is 12.1. The van der Waals surface area contributed by atoms with Crippen LogP contribution in [0.25, 0.3) is 0 Å². The second kappa shape index (κ2) is 6.60. The Hall–Kier alpha value is -0.770. The second-order valence-electron chi connectivity index (χ2n) is 5.47. The number of aliphatic carboxylic acids is 1. The van der Waals surface area contributed by atoms with E-state index in [1.165, 1.54) is 0 Å². The standard InChI is InChI=1S/C14H19Cl2NO2/c1-14(2,3)17(7-6-13(18)19)9-10-8-11(15)4-5-12(10)16/h4-5,8H,6-7,9H2,1-3H3,(H,18,19). The third-order valence-corrected chi connectivity index (χ3v) is 3.52. The Kier molecular flexibility index (Phi) is 5.65. The first-order chi connectivity index (χ1) is 8.70. The molecule has 1 N–H and O–H groups in total. The lowest BCUT2D eigenvalue weighted by Crippen LogP contribution is -2.42. The summed E-state index contributed by atoms with van der Waals surface area (Å²) in [4.78, 5) is 12.8. The third-order valence-electron chi connectivity index (χ3n) is 2.91. The lowest BCUT2D eigenvalue weighted by atomic mass is 10.0. The lowest BCUT2D eigenvalue weighted by molar-refractivity contribution is -0.137. The minimum Gasteiger partial charge on any atom is -0.481 e. The molecular weight excluding hydrogens is 285 g/mol. The molecule has 0 spiro atoms. The van der Waals surface area contributed by atoms with Gasteiger partial charge in [-0.05, 0) is 44.5 Å². The van der Waals surface area contributed by atoms with Crippen molar-refractivity contribution in [2.75, 3.05) is 6.54 Å². The van der Waals surface area contributed by atoms with Gasteiger partial charge in [0.05, 0.1) is 6.42 Å². The van der Waals surface area contributed by atoms with Gasteiger partial charge in [0.1, 0.15) is 0 Å². The molecule has 0 aliphatic rings. The quantitative estimate of drug-likeness (QED) is 0.891. The van der Waals surface area contributed by atoms with E-state index in [9.17, 15) is 4.79 Å². The minimum absolute atomic E-state index is 0.107. The van der Waals surface area contributed by atoms with Crippen molar-refractivity contribution in [2.45, 2.75) is 39.3 Å². The van der Waals surface area contributed by atoms with E-state index in [4.69, 9.17) is 28.3 Å². The van der Waals surface area contributed by atoms with Gasteiger partial charge in [0.15, 0.2) is 0 Å². The van der Waals surface area contributed by atoms with Gasteiger partial charge in [0.2, 0.25) is 0 Å². The SMILES string of the molecule is CC(C)(C)N(CCC(=O)O)Cc1cc(Cl)ccc1Cl. The Balaban J connectivity index is 2.88. The summed E-state index contributed by atoms with van der Waals surface area (Å²) in [6.07, 6.45) is 0.107. The van der Waals surface area contributed by atoms with E-state index >= 15 is 0 Å². The van der Waals surface area contributed by atoms with Crippen molar-refractivity contribution >= 4 is 29.2 Å². The van der Waals surface area contributed by atoms with Crippen LogP contribution in [0, 0.1) is 0 Å². The van der Waals surface area contributed by atoms with E-state index in [2.05, 4.69) is 4.90 Å². The highest BCUT2D eigenvalue weighted by Gasteiger charge is 2.22. The Bertz CT molecular complexity index is 455. The monoisotopic (exact) mass is 303 g/mol.